The molecule has 0 aliphatic heterocycles. The summed E-state index contributed by atoms with van der Waals surface area (Å²) >= 11 is 0. The fourth-order valence-electron chi connectivity index (χ4n) is 1.90. The summed E-state index contributed by atoms with van der Waals surface area (Å²) in [7, 11) is -4.09. The number of hydrogen-bond acceptors (Lipinski definition) is 2. The average molecular weight is 242 g/mol. The summed E-state index contributed by atoms with van der Waals surface area (Å²) < 4.78 is 31.1. The molecule has 16 heavy (non-hydrogen) atoms. The molecule has 0 bridgehead atoms. The molecule has 0 saturated heterocycles. The molecular formula is C12H18O3S. The third kappa shape index (κ3) is 3.06. The standard InChI is InChI=1S/C12H18O3S/c1-4-5-9(2)12-8-11(16(13,14)15)7-6-10(12)3/h6-9H,4-5H2,1-3H3,(H,13,14,15)/t9-/m0/s1. The van der Waals surface area contributed by atoms with E-state index in [2.05, 4.69) is 13.8 Å². The van der Waals surface area contributed by atoms with E-state index in [4.69, 9.17) is 4.55 Å². The number of rotatable bonds is 4. The van der Waals surface area contributed by atoms with E-state index >= 15 is 0 Å². The molecule has 1 rings (SSSR count). The molecule has 0 saturated carbocycles. The van der Waals surface area contributed by atoms with Crippen LogP contribution in [0, 0.1) is 6.92 Å². The van der Waals surface area contributed by atoms with Crippen LogP contribution in [0.25, 0.3) is 0 Å². The highest BCUT2D eigenvalue weighted by Crippen LogP contribution is 2.26. The molecule has 0 aliphatic rings. The molecule has 0 radical (unpaired) electrons. The van der Waals surface area contributed by atoms with Crippen LogP contribution in [0.1, 0.15) is 43.7 Å². The second kappa shape index (κ2) is 4.97. The maximum absolute atomic E-state index is 11.0. The van der Waals surface area contributed by atoms with E-state index in [0.29, 0.717) is 5.92 Å². The van der Waals surface area contributed by atoms with E-state index in [9.17, 15) is 8.42 Å². The van der Waals surface area contributed by atoms with Crippen molar-refractivity contribution in [2.45, 2.75) is 44.4 Å². The third-order valence-electron chi connectivity index (χ3n) is 2.80. The van der Waals surface area contributed by atoms with Crippen molar-refractivity contribution < 1.29 is 13.0 Å². The Morgan fingerprint density at radius 2 is 2.00 bits per heavy atom. The van der Waals surface area contributed by atoms with Crippen LogP contribution in [0.5, 0.6) is 0 Å². The molecule has 3 nitrogen and oxygen atoms in total. The molecule has 0 amide bonds. The quantitative estimate of drug-likeness (QED) is 0.825. The molecule has 0 heterocycles. The minimum Gasteiger partial charge on any atom is -0.282 e. The maximum atomic E-state index is 11.0. The van der Waals surface area contributed by atoms with Gasteiger partial charge in [-0.2, -0.15) is 8.42 Å². The van der Waals surface area contributed by atoms with Gasteiger partial charge in [-0.25, -0.2) is 0 Å². The van der Waals surface area contributed by atoms with Gasteiger partial charge in [-0.1, -0.05) is 26.3 Å². The van der Waals surface area contributed by atoms with Crippen molar-refractivity contribution >= 4 is 10.1 Å². The van der Waals surface area contributed by atoms with Crippen molar-refractivity contribution in [1.82, 2.24) is 0 Å². The zero-order valence-corrected chi connectivity index (χ0v) is 10.7. The van der Waals surface area contributed by atoms with E-state index in [1.807, 2.05) is 6.92 Å². The van der Waals surface area contributed by atoms with Crippen molar-refractivity contribution in [2.24, 2.45) is 0 Å². The summed E-state index contributed by atoms with van der Waals surface area (Å²) in [6, 6.07) is 4.75. The molecule has 1 aromatic rings. The summed E-state index contributed by atoms with van der Waals surface area (Å²) in [5.74, 6) is 0.312. The number of aryl methyl sites for hydroxylation is 1. The van der Waals surface area contributed by atoms with E-state index in [1.54, 1.807) is 12.1 Å². The smallest absolute Gasteiger partial charge is 0.282 e. The van der Waals surface area contributed by atoms with Crippen molar-refractivity contribution in [1.29, 1.82) is 0 Å². The fraction of sp³-hybridized carbons (Fsp3) is 0.500. The van der Waals surface area contributed by atoms with Gasteiger partial charge in [0.1, 0.15) is 0 Å². The van der Waals surface area contributed by atoms with Crippen LogP contribution in [0.3, 0.4) is 0 Å². The predicted octanol–water partition coefficient (Wildman–Crippen LogP) is 3.15. The first-order valence-corrected chi connectivity index (χ1v) is 6.88. The number of hydrogen-bond donors (Lipinski definition) is 1. The molecule has 90 valence electrons. The molecule has 1 N–H and O–H groups in total. The Morgan fingerprint density at radius 1 is 1.38 bits per heavy atom. The lowest BCUT2D eigenvalue weighted by Crippen LogP contribution is -2.02. The first kappa shape index (κ1) is 13.2. The lowest BCUT2D eigenvalue weighted by molar-refractivity contribution is 0.483. The molecule has 0 aromatic heterocycles. The molecule has 4 heteroatoms. The predicted molar refractivity (Wildman–Crippen MR) is 64.3 cm³/mol. The molecule has 0 spiro atoms. The van der Waals surface area contributed by atoms with Crippen molar-refractivity contribution in [3.63, 3.8) is 0 Å². The molecule has 1 atom stereocenters. The van der Waals surface area contributed by atoms with Gasteiger partial charge in [0.05, 0.1) is 4.90 Å². The van der Waals surface area contributed by atoms with Crippen LogP contribution in [0.15, 0.2) is 23.1 Å². The monoisotopic (exact) mass is 242 g/mol. The van der Waals surface area contributed by atoms with Crippen molar-refractivity contribution in [3.05, 3.63) is 29.3 Å². The molecule has 0 fully saturated rings. The highest BCUT2D eigenvalue weighted by molar-refractivity contribution is 7.85. The first-order valence-electron chi connectivity index (χ1n) is 5.44. The van der Waals surface area contributed by atoms with Crippen LogP contribution in [-0.4, -0.2) is 13.0 Å². The van der Waals surface area contributed by atoms with Crippen LogP contribution < -0.4 is 0 Å². The van der Waals surface area contributed by atoms with Gasteiger partial charge in [0.2, 0.25) is 0 Å². The number of benzene rings is 1. The topological polar surface area (TPSA) is 54.4 Å². The van der Waals surface area contributed by atoms with Gasteiger partial charge < -0.3 is 0 Å². The van der Waals surface area contributed by atoms with Crippen LogP contribution >= 0.6 is 0 Å². The summed E-state index contributed by atoms with van der Waals surface area (Å²) in [6.07, 6.45) is 2.06. The Labute approximate surface area is 97.2 Å². The van der Waals surface area contributed by atoms with Gasteiger partial charge in [0.15, 0.2) is 0 Å². The minimum atomic E-state index is -4.09. The Bertz CT molecular complexity index is 463. The summed E-state index contributed by atoms with van der Waals surface area (Å²) in [6.45, 7) is 6.12. The zero-order valence-electron chi connectivity index (χ0n) is 9.90. The second-order valence-corrected chi connectivity index (χ2v) is 5.60. The van der Waals surface area contributed by atoms with Crippen LogP contribution in [0.2, 0.25) is 0 Å². The lowest BCUT2D eigenvalue weighted by Gasteiger charge is -2.14. The highest BCUT2D eigenvalue weighted by atomic mass is 32.2. The van der Waals surface area contributed by atoms with Gasteiger partial charge >= 0.3 is 0 Å². The Kier molecular flexibility index (Phi) is 4.10. The zero-order chi connectivity index (χ0) is 12.3. The van der Waals surface area contributed by atoms with E-state index < -0.39 is 10.1 Å². The summed E-state index contributed by atoms with van der Waals surface area (Å²) in [4.78, 5) is -0.0175. The van der Waals surface area contributed by atoms with E-state index in [1.165, 1.54) is 6.07 Å². The average Bonchev–Trinajstić information content (AvgIpc) is 2.16. The highest BCUT2D eigenvalue weighted by Gasteiger charge is 2.14. The second-order valence-electron chi connectivity index (χ2n) is 4.18. The summed E-state index contributed by atoms with van der Waals surface area (Å²) in [5, 5.41) is 0. The van der Waals surface area contributed by atoms with E-state index in [-0.39, 0.29) is 4.90 Å². The van der Waals surface area contributed by atoms with Crippen molar-refractivity contribution in [2.75, 3.05) is 0 Å². The van der Waals surface area contributed by atoms with Gasteiger partial charge in [-0.15, -0.1) is 0 Å². The maximum Gasteiger partial charge on any atom is 0.294 e. The Hall–Kier alpha value is -0.870. The minimum absolute atomic E-state index is 0.0175. The largest absolute Gasteiger partial charge is 0.294 e. The SMILES string of the molecule is CCC[C@H](C)c1cc(S(=O)(=O)O)ccc1C. The lowest BCUT2D eigenvalue weighted by atomic mass is 9.93. The van der Waals surface area contributed by atoms with Gasteiger partial charge in [-0.05, 0) is 42.5 Å². The molecule has 1 aromatic carbocycles. The first-order chi connectivity index (χ1) is 7.36. The van der Waals surface area contributed by atoms with Gasteiger partial charge in [0.25, 0.3) is 10.1 Å². The van der Waals surface area contributed by atoms with E-state index in [0.717, 1.165) is 24.0 Å². The Morgan fingerprint density at radius 3 is 2.50 bits per heavy atom. The van der Waals surface area contributed by atoms with Gasteiger partial charge in [0, 0.05) is 0 Å². The van der Waals surface area contributed by atoms with Crippen LogP contribution in [-0.2, 0) is 10.1 Å². The summed E-state index contributed by atoms with van der Waals surface area (Å²) in [5.41, 5.74) is 2.06. The third-order valence-corrected chi connectivity index (χ3v) is 3.65. The normalized spacial score (nSPS) is 13.8. The van der Waals surface area contributed by atoms with Crippen molar-refractivity contribution in [3.8, 4) is 0 Å². The Balaban J connectivity index is 3.19. The fourth-order valence-corrected chi connectivity index (χ4v) is 2.41. The molecule has 0 unspecified atom stereocenters. The van der Waals surface area contributed by atoms with Crippen LogP contribution in [0.4, 0.5) is 0 Å². The van der Waals surface area contributed by atoms with Gasteiger partial charge in [-0.3, -0.25) is 4.55 Å². The molecule has 0 aliphatic carbocycles. The molecular weight excluding hydrogens is 224 g/mol.